The second-order valence-corrected chi connectivity index (χ2v) is 8.53. The molecule has 5 aromatic rings. The normalized spacial score (nSPS) is 11.5. The number of aromatic nitrogens is 2. The van der Waals surface area contributed by atoms with Crippen molar-refractivity contribution >= 4 is 15.9 Å². The molecule has 0 aliphatic rings. The van der Waals surface area contributed by atoms with Crippen LogP contribution >= 0.6 is 15.9 Å². The first-order valence-corrected chi connectivity index (χ1v) is 11.3. The minimum atomic E-state index is -0.869. The maximum absolute atomic E-state index is 14.7. The van der Waals surface area contributed by atoms with Crippen LogP contribution in [-0.2, 0) is 5.54 Å². The summed E-state index contributed by atoms with van der Waals surface area (Å²) in [5.74, 6) is -1.32. The van der Waals surface area contributed by atoms with E-state index in [1.165, 1.54) is 18.2 Å². The van der Waals surface area contributed by atoms with Gasteiger partial charge in [0, 0.05) is 6.20 Å². The van der Waals surface area contributed by atoms with Gasteiger partial charge in [0.25, 0.3) is 0 Å². The lowest BCUT2D eigenvalue weighted by Crippen LogP contribution is -2.38. The SMILES string of the molecule is Fc1cccc(F)c1-c1nn(C(c2ccccc2)(c2ccccc2)c2ccccc2)cc1Br. The average Bonchev–Trinajstić information content (AvgIpc) is 3.23. The summed E-state index contributed by atoms with van der Waals surface area (Å²) < 4.78 is 31.7. The number of halogens is 3. The predicted molar refractivity (Wildman–Crippen MR) is 130 cm³/mol. The summed E-state index contributed by atoms with van der Waals surface area (Å²) in [7, 11) is 0. The summed E-state index contributed by atoms with van der Waals surface area (Å²) in [6, 6.07) is 33.8. The maximum Gasteiger partial charge on any atom is 0.138 e. The highest BCUT2D eigenvalue weighted by Gasteiger charge is 2.40. The second-order valence-electron chi connectivity index (χ2n) is 7.68. The Morgan fingerprint density at radius 3 is 1.45 bits per heavy atom. The van der Waals surface area contributed by atoms with Gasteiger partial charge in [0.05, 0.1) is 10.0 Å². The second kappa shape index (κ2) is 8.75. The van der Waals surface area contributed by atoms with Crippen molar-refractivity contribution in [1.82, 2.24) is 9.78 Å². The van der Waals surface area contributed by atoms with Gasteiger partial charge in [-0.2, -0.15) is 5.10 Å². The number of hydrogen-bond donors (Lipinski definition) is 0. The monoisotopic (exact) mass is 500 g/mol. The van der Waals surface area contributed by atoms with Crippen LogP contribution in [0.2, 0.25) is 0 Å². The molecule has 0 atom stereocenters. The summed E-state index contributed by atoms with van der Waals surface area (Å²) in [6.45, 7) is 0. The topological polar surface area (TPSA) is 17.8 Å². The van der Waals surface area contributed by atoms with Crippen LogP contribution in [0.25, 0.3) is 11.3 Å². The van der Waals surface area contributed by atoms with Crippen molar-refractivity contribution in [2.75, 3.05) is 0 Å². The third-order valence-electron chi connectivity index (χ3n) is 5.79. The summed E-state index contributed by atoms with van der Waals surface area (Å²) in [5, 5.41) is 4.79. The van der Waals surface area contributed by atoms with Gasteiger partial charge in [0.1, 0.15) is 22.9 Å². The van der Waals surface area contributed by atoms with Crippen molar-refractivity contribution in [3.05, 3.63) is 148 Å². The van der Waals surface area contributed by atoms with Crippen LogP contribution in [0.15, 0.2) is 120 Å². The van der Waals surface area contributed by atoms with Gasteiger partial charge in [-0.15, -0.1) is 0 Å². The largest absolute Gasteiger partial charge is 0.251 e. The molecule has 0 spiro atoms. The molecule has 1 heterocycles. The van der Waals surface area contributed by atoms with E-state index in [0.717, 1.165) is 16.7 Å². The van der Waals surface area contributed by atoms with Crippen LogP contribution in [0.5, 0.6) is 0 Å². The third-order valence-corrected chi connectivity index (χ3v) is 6.37. The number of hydrogen-bond acceptors (Lipinski definition) is 1. The van der Waals surface area contributed by atoms with Crippen LogP contribution in [-0.4, -0.2) is 9.78 Å². The van der Waals surface area contributed by atoms with Gasteiger partial charge in [-0.25, -0.2) is 8.78 Å². The highest BCUT2D eigenvalue weighted by molar-refractivity contribution is 9.10. The van der Waals surface area contributed by atoms with Gasteiger partial charge in [-0.1, -0.05) is 97.1 Å². The molecular formula is C28H19BrF2N2. The van der Waals surface area contributed by atoms with E-state index in [4.69, 9.17) is 5.10 Å². The van der Waals surface area contributed by atoms with Gasteiger partial charge < -0.3 is 0 Å². The summed E-state index contributed by atoms with van der Waals surface area (Å²) >= 11 is 3.52. The first-order chi connectivity index (χ1) is 16.1. The zero-order valence-electron chi connectivity index (χ0n) is 17.5. The summed E-state index contributed by atoms with van der Waals surface area (Å²) in [5.41, 5.74) is 2.09. The smallest absolute Gasteiger partial charge is 0.138 e. The first kappa shape index (κ1) is 21.3. The van der Waals surface area contributed by atoms with E-state index in [0.29, 0.717) is 4.47 Å². The van der Waals surface area contributed by atoms with Crippen molar-refractivity contribution in [3.8, 4) is 11.3 Å². The van der Waals surface area contributed by atoms with Gasteiger partial charge in [-0.05, 0) is 44.8 Å². The molecule has 0 bridgehead atoms. The molecule has 0 aliphatic carbocycles. The predicted octanol–water partition coefficient (Wildman–Crippen LogP) is 7.43. The van der Waals surface area contributed by atoms with E-state index in [9.17, 15) is 8.78 Å². The van der Waals surface area contributed by atoms with Gasteiger partial charge in [-0.3, -0.25) is 4.68 Å². The lowest BCUT2D eigenvalue weighted by molar-refractivity contribution is 0.460. The molecule has 33 heavy (non-hydrogen) atoms. The fourth-order valence-electron chi connectivity index (χ4n) is 4.35. The summed E-state index contributed by atoms with van der Waals surface area (Å²) in [4.78, 5) is 0. The summed E-state index contributed by atoms with van der Waals surface area (Å²) in [6.07, 6.45) is 1.79. The molecule has 0 amide bonds. The van der Waals surface area contributed by atoms with E-state index >= 15 is 0 Å². The quantitative estimate of drug-likeness (QED) is 0.229. The Hall–Kier alpha value is -3.57. The van der Waals surface area contributed by atoms with Crippen molar-refractivity contribution in [1.29, 1.82) is 0 Å². The zero-order chi connectivity index (χ0) is 22.8. The van der Waals surface area contributed by atoms with E-state index in [1.54, 1.807) is 10.9 Å². The fourth-order valence-corrected chi connectivity index (χ4v) is 4.82. The number of benzene rings is 4. The van der Waals surface area contributed by atoms with Gasteiger partial charge >= 0.3 is 0 Å². The molecule has 4 aromatic carbocycles. The fraction of sp³-hybridized carbons (Fsp3) is 0.0357. The molecule has 0 N–H and O–H groups in total. The van der Waals surface area contributed by atoms with Crippen LogP contribution in [0, 0.1) is 11.6 Å². The molecule has 0 radical (unpaired) electrons. The van der Waals surface area contributed by atoms with Crippen LogP contribution in [0.1, 0.15) is 16.7 Å². The molecular weight excluding hydrogens is 482 g/mol. The van der Waals surface area contributed by atoms with Gasteiger partial charge in [0.2, 0.25) is 0 Å². The Morgan fingerprint density at radius 1 is 0.606 bits per heavy atom. The van der Waals surface area contributed by atoms with Crippen LogP contribution in [0.3, 0.4) is 0 Å². The number of nitrogens with zero attached hydrogens (tertiary/aromatic N) is 2. The minimum absolute atomic E-state index is 0.161. The third kappa shape index (κ3) is 3.58. The Balaban J connectivity index is 1.87. The Labute approximate surface area is 199 Å². The van der Waals surface area contributed by atoms with Crippen LogP contribution in [0.4, 0.5) is 8.78 Å². The van der Waals surface area contributed by atoms with E-state index in [2.05, 4.69) is 15.9 Å². The Kier molecular flexibility index (Phi) is 5.65. The Bertz CT molecular complexity index is 1270. The number of rotatable bonds is 5. The van der Waals surface area contributed by atoms with Gasteiger partial charge in [0.15, 0.2) is 0 Å². The standard InChI is InChI=1S/C28H19BrF2N2/c29-23-19-33(32-27(23)26-24(30)17-10-18-25(26)31)28(20-11-4-1-5-12-20,21-13-6-2-7-14-21)22-15-8-3-9-16-22/h1-19H. The minimum Gasteiger partial charge on any atom is -0.251 e. The molecule has 0 fully saturated rings. The van der Waals surface area contributed by atoms with E-state index in [-0.39, 0.29) is 11.3 Å². The lowest BCUT2D eigenvalue weighted by Gasteiger charge is -2.36. The molecule has 2 nitrogen and oxygen atoms in total. The van der Waals surface area contributed by atoms with Crippen molar-refractivity contribution in [2.24, 2.45) is 0 Å². The van der Waals surface area contributed by atoms with E-state index in [1.807, 2.05) is 91.0 Å². The zero-order valence-corrected chi connectivity index (χ0v) is 19.1. The first-order valence-electron chi connectivity index (χ1n) is 10.5. The lowest BCUT2D eigenvalue weighted by atomic mass is 9.77. The Morgan fingerprint density at radius 2 is 1.03 bits per heavy atom. The van der Waals surface area contributed by atoms with Crippen molar-refractivity contribution < 1.29 is 8.78 Å². The molecule has 162 valence electrons. The molecule has 0 saturated heterocycles. The molecule has 1 aromatic heterocycles. The molecule has 0 saturated carbocycles. The van der Waals surface area contributed by atoms with Crippen molar-refractivity contribution in [3.63, 3.8) is 0 Å². The highest BCUT2D eigenvalue weighted by atomic mass is 79.9. The highest BCUT2D eigenvalue weighted by Crippen LogP contribution is 2.42. The van der Waals surface area contributed by atoms with E-state index < -0.39 is 17.2 Å². The molecule has 5 heteroatoms. The molecule has 5 rings (SSSR count). The average molecular weight is 501 g/mol. The van der Waals surface area contributed by atoms with Crippen molar-refractivity contribution in [2.45, 2.75) is 5.54 Å². The van der Waals surface area contributed by atoms with Crippen LogP contribution < -0.4 is 0 Å². The maximum atomic E-state index is 14.7. The molecule has 0 aliphatic heterocycles. The molecule has 0 unspecified atom stereocenters.